The molecule has 1 atom stereocenters. The molecular weight excluding hydrogens is 374 g/mol. The number of fused-ring (bicyclic) bond motifs is 1. The maximum Gasteiger partial charge on any atom is 0.256 e. The molecule has 0 bridgehead atoms. The number of nitrogens with zero attached hydrogens (tertiary/aromatic N) is 4. The van der Waals surface area contributed by atoms with E-state index in [9.17, 15) is 4.79 Å². The monoisotopic (exact) mass is 407 g/mol. The van der Waals surface area contributed by atoms with E-state index in [1.807, 2.05) is 12.1 Å². The van der Waals surface area contributed by atoms with Gasteiger partial charge in [-0.2, -0.15) is 0 Å². The molecule has 2 fully saturated rings. The number of nitrogens with one attached hydrogen (secondary N) is 1. The van der Waals surface area contributed by atoms with Gasteiger partial charge in [-0.05, 0) is 62.7 Å². The van der Waals surface area contributed by atoms with E-state index in [1.54, 1.807) is 18.7 Å². The molecule has 160 valence electrons. The van der Waals surface area contributed by atoms with Crippen LogP contribution in [-0.4, -0.2) is 56.8 Å². The highest BCUT2D eigenvalue weighted by atomic mass is 16.2. The van der Waals surface area contributed by atoms with Gasteiger partial charge in [-0.15, -0.1) is 0 Å². The van der Waals surface area contributed by atoms with Gasteiger partial charge in [0.2, 0.25) is 0 Å². The molecule has 3 aliphatic rings. The first-order chi connectivity index (χ1) is 14.8. The molecule has 0 aromatic carbocycles. The van der Waals surface area contributed by atoms with Gasteiger partial charge in [0.05, 0.1) is 23.6 Å². The van der Waals surface area contributed by atoms with Crippen molar-refractivity contribution in [2.24, 2.45) is 11.8 Å². The summed E-state index contributed by atoms with van der Waals surface area (Å²) in [5.41, 5.74) is 2.97. The van der Waals surface area contributed by atoms with Crippen LogP contribution in [0.2, 0.25) is 0 Å². The van der Waals surface area contributed by atoms with Gasteiger partial charge in [-0.1, -0.05) is 19.3 Å². The van der Waals surface area contributed by atoms with Gasteiger partial charge in [0.15, 0.2) is 0 Å². The van der Waals surface area contributed by atoms with Gasteiger partial charge in [0.1, 0.15) is 0 Å². The fourth-order valence-corrected chi connectivity index (χ4v) is 5.85. The summed E-state index contributed by atoms with van der Waals surface area (Å²) in [7, 11) is 0. The summed E-state index contributed by atoms with van der Waals surface area (Å²) in [4.78, 5) is 30.2. The van der Waals surface area contributed by atoms with Crippen molar-refractivity contribution in [1.29, 1.82) is 0 Å². The van der Waals surface area contributed by atoms with Crippen LogP contribution < -0.4 is 0 Å². The van der Waals surface area contributed by atoms with Crippen LogP contribution in [0.5, 0.6) is 0 Å². The molecule has 6 nitrogen and oxygen atoms in total. The number of aromatic amines is 1. The standard InChI is InChI=1S/C24H33N5O/c30-24(20-7-4-11-25-15-20)29-14-10-21-22(27-17-26-21)23(29)19-8-12-28(13-9-19)16-18-5-2-1-3-6-18/h4,7,11,15,17-19,23H,1-3,5-6,8-10,12-14,16H2,(H,26,27). The van der Waals surface area contributed by atoms with Gasteiger partial charge < -0.3 is 14.8 Å². The smallest absolute Gasteiger partial charge is 0.256 e. The Hall–Kier alpha value is -2.21. The molecule has 1 amide bonds. The zero-order valence-corrected chi connectivity index (χ0v) is 17.8. The number of amides is 1. The van der Waals surface area contributed by atoms with Gasteiger partial charge >= 0.3 is 0 Å². The summed E-state index contributed by atoms with van der Waals surface area (Å²) in [5, 5.41) is 0. The van der Waals surface area contributed by atoms with Crippen LogP contribution in [0.4, 0.5) is 0 Å². The van der Waals surface area contributed by atoms with Crippen LogP contribution in [0, 0.1) is 11.8 Å². The number of imidazole rings is 1. The van der Waals surface area contributed by atoms with Gasteiger partial charge in [0.25, 0.3) is 5.91 Å². The molecule has 6 heteroatoms. The molecule has 4 heterocycles. The molecule has 2 aromatic rings. The summed E-state index contributed by atoms with van der Waals surface area (Å²) < 4.78 is 0. The van der Waals surface area contributed by atoms with Gasteiger partial charge in [-0.25, -0.2) is 4.98 Å². The molecular formula is C24H33N5O. The van der Waals surface area contributed by atoms with Crippen molar-refractivity contribution in [1.82, 2.24) is 24.8 Å². The molecule has 1 N–H and O–H groups in total. The van der Waals surface area contributed by atoms with Crippen LogP contribution in [0.3, 0.4) is 0 Å². The Morgan fingerprint density at radius 2 is 1.93 bits per heavy atom. The number of rotatable bonds is 4. The summed E-state index contributed by atoms with van der Waals surface area (Å²) in [6.07, 6.45) is 15.4. The third kappa shape index (κ3) is 4.02. The van der Waals surface area contributed by atoms with Crippen molar-refractivity contribution < 1.29 is 4.79 Å². The van der Waals surface area contributed by atoms with E-state index in [1.165, 1.54) is 44.3 Å². The topological polar surface area (TPSA) is 65.1 Å². The molecule has 1 saturated heterocycles. The van der Waals surface area contributed by atoms with Gasteiger partial charge in [0, 0.05) is 37.6 Å². The minimum atomic E-state index is 0.0736. The van der Waals surface area contributed by atoms with Crippen molar-refractivity contribution >= 4 is 5.91 Å². The first-order valence-corrected chi connectivity index (χ1v) is 11.7. The van der Waals surface area contributed by atoms with Crippen molar-refractivity contribution in [3.05, 3.63) is 47.8 Å². The first-order valence-electron chi connectivity index (χ1n) is 11.7. The number of likely N-dealkylation sites (tertiary alicyclic amines) is 1. The second kappa shape index (κ2) is 8.88. The Morgan fingerprint density at radius 1 is 1.10 bits per heavy atom. The maximum atomic E-state index is 13.3. The lowest BCUT2D eigenvalue weighted by Gasteiger charge is -2.43. The molecule has 1 saturated carbocycles. The van der Waals surface area contributed by atoms with Crippen LogP contribution in [0.15, 0.2) is 30.9 Å². The summed E-state index contributed by atoms with van der Waals surface area (Å²) in [6.45, 7) is 4.30. The molecule has 2 aromatic heterocycles. The van der Waals surface area contributed by atoms with Crippen molar-refractivity contribution in [3.63, 3.8) is 0 Å². The molecule has 30 heavy (non-hydrogen) atoms. The number of hydrogen-bond donors (Lipinski definition) is 1. The maximum absolute atomic E-state index is 13.3. The minimum absolute atomic E-state index is 0.0736. The van der Waals surface area contributed by atoms with Crippen molar-refractivity contribution in [2.75, 3.05) is 26.2 Å². The second-order valence-corrected chi connectivity index (χ2v) is 9.34. The highest BCUT2D eigenvalue weighted by Gasteiger charge is 2.39. The molecule has 0 spiro atoms. The second-order valence-electron chi connectivity index (χ2n) is 9.34. The van der Waals surface area contributed by atoms with Crippen LogP contribution in [0.1, 0.15) is 72.7 Å². The highest BCUT2D eigenvalue weighted by Crippen LogP contribution is 2.39. The zero-order chi connectivity index (χ0) is 20.3. The van der Waals surface area contributed by atoms with Crippen LogP contribution in [0.25, 0.3) is 0 Å². The number of carbonyl (C=O) groups is 1. The third-order valence-corrected chi connectivity index (χ3v) is 7.46. The molecule has 1 aliphatic carbocycles. The van der Waals surface area contributed by atoms with Crippen LogP contribution in [-0.2, 0) is 6.42 Å². The number of hydrogen-bond acceptors (Lipinski definition) is 4. The Kier molecular flexibility index (Phi) is 5.84. The van der Waals surface area contributed by atoms with E-state index in [0.717, 1.165) is 50.5 Å². The Bertz CT molecular complexity index is 836. The lowest BCUT2D eigenvalue weighted by molar-refractivity contribution is 0.0451. The Morgan fingerprint density at radius 3 is 2.70 bits per heavy atom. The average molecular weight is 408 g/mol. The fraction of sp³-hybridized carbons (Fsp3) is 0.625. The third-order valence-electron chi connectivity index (χ3n) is 7.46. The Balaban J connectivity index is 1.30. The number of H-pyrrole nitrogens is 1. The highest BCUT2D eigenvalue weighted by molar-refractivity contribution is 5.94. The number of pyridine rings is 1. The summed E-state index contributed by atoms with van der Waals surface area (Å²) in [6, 6.07) is 3.79. The number of piperidine rings is 1. The lowest BCUT2D eigenvalue weighted by atomic mass is 9.82. The van der Waals surface area contributed by atoms with E-state index < -0.39 is 0 Å². The Labute approximate surface area is 179 Å². The first kappa shape index (κ1) is 19.7. The average Bonchev–Trinajstić information content (AvgIpc) is 3.29. The van der Waals surface area contributed by atoms with E-state index in [0.29, 0.717) is 11.5 Å². The molecule has 2 aliphatic heterocycles. The summed E-state index contributed by atoms with van der Waals surface area (Å²) >= 11 is 0. The number of aromatic nitrogens is 3. The predicted octanol–water partition coefficient (Wildman–Crippen LogP) is 3.84. The van der Waals surface area contributed by atoms with Crippen LogP contribution >= 0.6 is 0 Å². The molecule has 1 unspecified atom stereocenters. The van der Waals surface area contributed by atoms with Crippen molar-refractivity contribution in [3.8, 4) is 0 Å². The molecule has 5 rings (SSSR count). The quantitative estimate of drug-likeness (QED) is 0.836. The SMILES string of the molecule is O=C(c1cccnc1)N1CCc2[nH]cnc2C1C1CCN(CC2CCCCC2)CC1. The largest absolute Gasteiger partial charge is 0.348 e. The number of carbonyl (C=O) groups excluding carboxylic acids is 1. The zero-order valence-electron chi connectivity index (χ0n) is 17.8. The van der Waals surface area contributed by atoms with Crippen molar-refractivity contribution in [2.45, 2.75) is 57.4 Å². The molecule has 0 radical (unpaired) electrons. The lowest BCUT2D eigenvalue weighted by Crippen LogP contribution is -2.47. The fourth-order valence-electron chi connectivity index (χ4n) is 5.85. The van der Waals surface area contributed by atoms with E-state index >= 15 is 0 Å². The van der Waals surface area contributed by atoms with E-state index in [-0.39, 0.29) is 11.9 Å². The summed E-state index contributed by atoms with van der Waals surface area (Å²) in [5.74, 6) is 1.45. The van der Waals surface area contributed by atoms with E-state index in [2.05, 4.69) is 24.8 Å². The predicted molar refractivity (Wildman–Crippen MR) is 116 cm³/mol. The van der Waals surface area contributed by atoms with E-state index in [4.69, 9.17) is 0 Å². The normalized spacial score (nSPS) is 24.0. The minimum Gasteiger partial charge on any atom is -0.348 e. The van der Waals surface area contributed by atoms with Gasteiger partial charge in [-0.3, -0.25) is 9.78 Å².